The fraction of sp³-hybridized carbons (Fsp3) is 0.308. The quantitative estimate of drug-likeness (QED) is 0.685. The predicted octanol–water partition coefficient (Wildman–Crippen LogP) is 2.97. The highest BCUT2D eigenvalue weighted by Crippen LogP contribution is 2.34. The van der Waals surface area contributed by atoms with Crippen molar-refractivity contribution in [3.05, 3.63) is 36.0 Å². The van der Waals surface area contributed by atoms with Crippen molar-refractivity contribution in [1.82, 2.24) is 4.57 Å². The van der Waals surface area contributed by atoms with E-state index in [9.17, 15) is 4.79 Å². The molecule has 0 radical (unpaired) electrons. The SMILES string of the molecule is CC(C)C1OC(=O)c2cc3ccccc3n21. The van der Waals surface area contributed by atoms with E-state index in [2.05, 4.69) is 13.8 Å². The van der Waals surface area contributed by atoms with Crippen LogP contribution in [0.2, 0.25) is 0 Å². The van der Waals surface area contributed by atoms with E-state index in [1.54, 1.807) is 0 Å². The van der Waals surface area contributed by atoms with Gasteiger partial charge >= 0.3 is 5.97 Å². The average Bonchev–Trinajstić information content (AvgIpc) is 2.77. The van der Waals surface area contributed by atoms with E-state index < -0.39 is 0 Å². The van der Waals surface area contributed by atoms with Crippen molar-refractivity contribution >= 4 is 16.9 Å². The topological polar surface area (TPSA) is 31.2 Å². The molecule has 3 rings (SSSR count). The van der Waals surface area contributed by atoms with Crippen LogP contribution in [0.1, 0.15) is 30.6 Å². The molecule has 0 fully saturated rings. The third kappa shape index (κ3) is 1.11. The number of hydrogen-bond donors (Lipinski definition) is 0. The molecule has 3 nitrogen and oxygen atoms in total. The first kappa shape index (κ1) is 9.46. The molecule has 1 atom stereocenters. The van der Waals surface area contributed by atoms with Gasteiger partial charge in [0.2, 0.25) is 0 Å². The molecule has 1 aromatic heterocycles. The van der Waals surface area contributed by atoms with E-state index in [0.29, 0.717) is 5.69 Å². The molecule has 2 aromatic rings. The molecular formula is C13H13NO2. The summed E-state index contributed by atoms with van der Waals surface area (Å²) in [5, 5.41) is 1.10. The summed E-state index contributed by atoms with van der Waals surface area (Å²) in [6.45, 7) is 4.11. The third-order valence-electron chi connectivity index (χ3n) is 3.01. The minimum Gasteiger partial charge on any atom is -0.436 e. The summed E-state index contributed by atoms with van der Waals surface area (Å²) >= 11 is 0. The predicted molar refractivity (Wildman–Crippen MR) is 61.2 cm³/mol. The number of esters is 1. The molecule has 0 saturated heterocycles. The maximum Gasteiger partial charge on any atom is 0.357 e. The molecule has 82 valence electrons. The Morgan fingerprint density at radius 1 is 1.31 bits per heavy atom. The Hall–Kier alpha value is -1.77. The summed E-state index contributed by atoms with van der Waals surface area (Å²) in [6, 6.07) is 9.91. The van der Waals surface area contributed by atoms with Gasteiger partial charge in [0, 0.05) is 11.3 Å². The van der Waals surface area contributed by atoms with Crippen molar-refractivity contribution in [3.8, 4) is 0 Å². The first-order chi connectivity index (χ1) is 7.68. The van der Waals surface area contributed by atoms with Gasteiger partial charge in [-0.2, -0.15) is 0 Å². The maximum atomic E-state index is 11.7. The van der Waals surface area contributed by atoms with Gasteiger partial charge in [-0.3, -0.25) is 4.57 Å². The Labute approximate surface area is 93.6 Å². The number of carbonyl (C=O) groups excluding carboxylic acids is 1. The van der Waals surface area contributed by atoms with Gasteiger partial charge < -0.3 is 4.74 Å². The number of benzene rings is 1. The lowest BCUT2D eigenvalue weighted by molar-refractivity contribution is 0.0126. The smallest absolute Gasteiger partial charge is 0.357 e. The van der Waals surface area contributed by atoms with Crippen LogP contribution in [0.4, 0.5) is 0 Å². The number of cyclic esters (lactones) is 1. The van der Waals surface area contributed by atoms with E-state index in [1.165, 1.54) is 0 Å². The second-order valence-electron chi connectivity index (χ2n) is 4.50. The highest BCUT2D eigenvalue weighted by Gasteiger charge is 2.34. The second-order valence-corrected chi connectivity index (χ2v) is 4.50. The van der Waals surface area contributed by atoms with Crippen LogP contribution < -0.4 is 0 Å². The molecule has 0 bridgehead atoms. The zero-order chi connectivity index (χ0) is 11.3. The zero-order valence-electron chi connectivity index (χ0n) is 9.31. The van der Waals surface area contributed by atoms with Crippen molar-refractivity contribution in [2.24, 2.45) is 5.92 Å². The van der Waals surface area contributed by atoms with Crippen molar-refractivity contribution in [3.63, 3.8) is 0 Å². The van der Waals surface area contributed by atoms with Gasteiger partial charge in [-0.1, -0.05) is 32.0 Å². The number of para-hydroxylation sites is 1. The molecule has 3 heteroatoms. The van der Waals surface area contributed by atoms with Gasteiger partial charge in [0.15, 0.2) is 6.23 Å². The molecule has 0 N–H and O–H groups in total. The first-order valence-corrected chi connectivity index (χ1v) is 5.49. The summed E-state index contributed by atoms with van der Waals surface area (Å²) in [7, 11) is 0. The summed E-state index contributed by atoms with van der Waals surface area (Å²) in [4.78, 5) is 11.7. The Kier molecular flexibility index (Phi) is 1.84. The Morgan fingerprint density at radius 2 is 2.06 bits per heavy atom. The standard InChI is InChI=1S/C13H13NO2/c1-8(2)12-14-10-6-4-3-5-9(10)7-11(14)13(15)16-12/h3-8,12H,1-2H3. The van der Waals surface area contributed by atoms with Gasteiger partial charge in [0.1, 0.15) is 5.69 Å². The van der Waals surface area contributed by atoms with Crippen LogP contribution >= 0.6 is 0 Å². The summed E-state index contributed by atoms with van der Waals surface area (Å²) < 4.78 is 7.37. The van der Waals surface area contributed by atoms with Crippen LogP contribution in [0.25, 0.3) is 10.9 Å². The fourth-order valence-electron chi connectivity index (χ4n) is 2.26. The molecule has 1 unspecified atom stereocenters. The van der Waals surface area contributed by atoms with E-state index in [0.717, 1.165) is 10.9 Å². The molecule has 1 aromatic carbocycles. The van der Waals surface area contributed by atoms with Gasteiger partial charge in [0.05, 0.1) is 5.52 Å². The number of hydrogen-bond acceptors (Lipinski definition) is 2. The molecule has 1 aliphatic rings. The lowest BCUT2D eigenvalue weighted by Gasteiger charge is -2.17. The minimum absolute atomic E-state index is 0.164. The molecule has 16 heavy (non-hydrogen) atoms. The molecular weight excluding hydrogens is 202 g/mol. The summed E-state index contributed by atoms with van der Waals surface area (Å²) in [5.74, 6) is 0.0657. The normalized spacial score (nSPS) is 19.2. The number of nitrogens with zero attached hydrogens (tertiary/aromatic N) is 1. The molecule has 1 aliphatic heterocycles. The summed E-state index contributed by atoms with van der Waals surface area (Å²) in [5.41, 5.74) is 1.74. The number of rotatable bonds is 1. The molecule has 2 heterocycles. The Bertz CT molecular complexity index is 568. The number of ether oxygens (including phenoxy) is 1. The largest absolute Gasteiger partial charge is 0.436 e. The Morgan fingerprint density at radius 3 is 2.81 bits per heavy atom. The van der Waals surface area contributed by atoms with Crippen molar-refractivity contribution in [2.45, 2.75) is 20.1 Å². The third-order valence-corrected chi connectivity index (χ3v) is 3.01. The maximum absolute atomic E-state index is 11.7. The zero-order valence-corrected chi connectivity index (χ0v) is 9.31. The lowest BCUT2D eigenvalue weighted by Crippen LogP contribution is -2.12. The van der Waals surface area contributed by atoms with Crippen LogP contribution in [-0.4, -0.2) is 10.5 Å². The minimum atomic E-state index is -0.213. The first-order valence-electron chi connectivity index (χ1n) is 5.49. The van der Waals surface area contributed by atoms with Gasteiger partial charge in [-0.25, -0.2) is 4.79 Å². The fourth-order valence-corrected chi connectivity index (χ4v) is 2.26. The number of carbonyl (C=O) groups is 1. The monoisotopic (exact) mass is 215 g/mol. The number of aromatic nitrogens is 1. The summed E-state index contributed by atoms with van der Waals surface area (Å²) in [6.07, 6.45) is -0.164. The van der Waals surface area contributed by atoms with Crippen LogP contribution in [0.5, 0.6) is 0 Å². The second kappa shape index (κ2) is 3.11. The van der Waals surface area contributed by atoms with E-state index >= 15 is 0 Å². The highest BCUT2D eigenvalue weighted by atomic mass is 16.6. The van der Waals surface area contributed by atoms with Crippen LogP contribution in [0, 0.1) is 5.92 Å². The van der Waals surface area contributed by atoms with Gasteiger partial charge in [-0.05, 0) is 12.1 Å². The van der Waals surface area contributed by atoms with E-state index in [-0.39, 0.29) is 18.1 Å². The molecule has 0 aliphatic carbocycles. The van der Waals surface area contributed by atoms with Gasteiger partial charge in [-0.15, -0.1) is 0 Å². The van der Waals surface area contributed by atoms with Crippen molar-refractivity contribution in [2.75, 3.05) is 0 Å². The van der Waals surface area contributed by atoms with Crippen LogP contribution in [-0.2, 0) is 4.74 Å². The molecule has 0 saturated carbocycles. The van der Waals surface area contributed by atoms with Crippen molar-refractivity contribution < 1.29 is 9.53 Å². The molecule has 0 spiro atoms. The number of fused-ring (bicyclic) bond motifs is 3. The average molecular weight is 215 g/mol. The van der Waals surface area contributed by atoms with E-state index in [1.807, 2.05) is 34.9 Å². The van der Waals surface area contributed by atoms with E-state index in [4.69, 9.17) is 4.74 Å². The van der Waals surface area contributed by atoms with Crippen LogP contribution in [0.3, 0.4) is 0 Å². The van der Waals surface area contributed by atoms with Crippen LogP contribution in [0.15, 0.2) is 30.3 Å². The Balaban J connectivity index is 2.31. The van der Waals surface area contributed by atoms with Crippen molar-refractivity contribution in [1.29, 1.82) is 0 Å². The highest BCUT2D eigenvalue weighted by molar-refractivity contribution is 5.97. The van der Waals surface area contributed by atoms with Gasteiger partial charge in [0.25, 0.3) is 0 Å². The lowest BCUT2D eigenvalue weighted by atomic mass is 10.2. The molecule has 0 amide bonds.